The Morgan fingerprint density at radius 2 is 1.35 bits per heavy atom. The average Bonchev–Trinajstić information content (AvgIpc) is 3.76. The monoisotopic (exact) mass is 673 g/mol. The molecule has 0 bridgehead atoms. The summed E-state index contributed by atoms with van der Waals surface area (Å²) >= 11 is 9.69. The van der Waals surface area contributed by atoms with Crippen molar-refractivity contribution < 1.29 is 8.78 Å². The first kappa shape index (κ1) is 27.9. The molecule has 0 spiro atoms. The molecule has 1 aromatic carbocycles. The van der Waals surface area contributed by atoms with Crippen molar-refractivity contribution in [2.45, 2.75) is 46.1 Å². The Hall–Kier alpha value is -2.24. The fraction of sp³-hybridized carbons (Fsp3) is 0.267. The standard InChI is InChI=1S/C30H26BrF2N3S4/c1-3-5-7-17(4-2)16-36-34-29-25(27(32)28(33)26(30(29)35-36)23-13-14-24(31)40-23)22-12-11-21(39-22)20-10-9-19(38-20)18-8-6-15-37-18/h6,8-15,17H,3-5,7,16H2,1-2H3. The molecule has 0 fully saturated rings. The molecular weight excluding hydrogens is 649 g/mol. The zero-order chi connectivity index (χ0) is 27.8. The van der Waals surface area contributed by atoms with Gasteiger partial charge >= 0.3 is 0 Å². The summed E-state index contributed by atoms with van der Waals surface area (Å²) in [6, 6.07) is 15.9. The third-order valence-corrected chi connectivity index (χ3v) is 12.1. The number of fused-ring (bicyclic) bond motifs is 1. The van der Waals surface area contributed by atoms with Gasteiger partial charge in [-0.15, -0.1) is 45.3 Å². The van der Waals surface area contributed by atoms with E-state index in [-0.39, 0.29) is 11.1 Å². The maximum absolute atomic E-state index is 16.0. The van der Waals surface area contributed by atoms with Gasteiger partial charge in [-0.25, -0.2) is 8.78 Å². The van der Waals surface area contributed by atoms with E-state index in [1.54, 1.807) is 33.5 Å². The summed E-state index contributed by atoms with van der Waals surface area (Å²) in [5.41, 5.74) is 1.17. The Balaban J connectivity index is 1.46. The van der Waals surface area contributed by atoms with Gasteiger partial charge in [0.05, 0.1) is 21.5 Å². The van der Waals surface area contributed by atoms with Gasteiger partial charge in [0.2, 0.25) is 0 Å². The molecule has 0 radical (unpaired) electrons. The quantitative estimate of drug-likeness (QED) is 0.145. The maximum Gasteiger partial charge on any atom is 0.170 e. The lowest BCUT2D eigenvalue weighted by Crippen LogP contribution is -2.12. The van der Waals surface area contributed by atoms with Gasteiger partial charge < -0.3 is 0 Å². The Labute approximate surface area is 256 Å². The smallest absolute Gasteiger partial charge is 0.170 e. The van der Waals surface area contributed by atoms with Crippen molar-refractivity contribution in [1.82, 2.24) is 15.0 Å². The Bertz CT molecular complexity index is 1760. The van der Waals surface area contributed by atoms with Gasteiger partial charge in [-0.3, -0.25) is 0 Å². The van der Waals surface area contributed by atoms with Gasteiger partial charge in [0.1, 0.15) is 11.0 Å². The van der Waals surface area contributed by atoms with Gasteiger partial charge in [-0.1, -0.05) is 39.2 Å². The number of hydrogen-bond acceptors (Lipinski definition) is 6. The van der Waals surface area contributed by atoms with Crippen LogP contribution < -0.4 is 0 Å². The average molecular weight is 675 g/mol. The maximum atomic E-state index is 16.0. The SMILES string of the molecule is CCCCC(CC)Cn1nc2c(-c3ccc(Br)s3)c(F)c(F)c(-c3ccc(-c4ccc(-c5cccs5)s4)s3)c2n1. The van der Waals surface area contributed by atoms with Gasteiger partial charge in [0.25, 0.3) is 0 Å². The third-order valence-electron chi connectivity index (χ3n) is 7.01. The van der Waals surface area contributed by atoms with Crippen molar-refractivity contribution in [1.29, 1.82) is 0 Å². The minimum atomic E-state index is -0.882. The lowest BCUT2D eigenvalue weighted by molar-refractivity contribution is 0.351. The van der Waals surface area contributed by atoms with E-state index in [1.807, 2.05) is 24.3 Å². The molecule has 1 unspecified atom stereocenters. The van der Waals surface area contributed by atoms with Crippen LogP contribution >= 0.6 is 61.3 Å². The highest BCUT2D eigenvalue weighted by Crippen LogP contribution is 2.46. The zero-order valence-electron chi connectivity index (χ0n) is 21.9. The van der Waals surface area contributed by atoms with Gasteiger partial charge in [-0.05, 0) is 76.1 Å². The second-order valence-corrected chi connectivity index (χ2v) is 15.2. The minimum Gasteiger partial charge on any atom is -0.203 e. The Kier molecular flexibility index (Phi) is 8.33. The van der Waals surface area contributed by atoms with Crippen LogP contribution in [0.2, 0.25) is 0 Å². The third kappa shape index (κ3) is 5.36. The van der Waals surface area contributed by atoms with Crippen LogP contribution in [0.5, 0.6) is 0 Å². The van der Waals surface area contributed by atoms with E-state index in [4.69, 9.17) is 10.2 Å². The Morgan fingerprint density at radius 3 is 1.90 bits per heavy atom. The van der Waals surface area contributed by atoms with Crippen LogP contribution in [0.3, 0.4) is 0 Å². The minimum absolute atomic E-state index is 0.176. The predicted molar refractivity (Wildman–Crippen MR) is 172 cm³/mol. The predicted octanol–water partition coefficient (Wildman–Crippen LogP) is 11.6. The molecule has 40 heavy (non-hydrogen) atoms. The lowest BCUT2D eigenvalue weighted by atomic mass is 10.00. The molecule has 5 heterocycles. The molecule has 0 N–H and O–H groups in total. The van der Waals surface area contributed by atoms with Crippen molar-refractivity contribution >= 4 is 72.3 Å². The number of halogens is 3. The summed E-state index contributed by atoms with van der Waals surface area (Å²) in [5.74, 6) is -1.35. The number of benzene rings is 1. The molecule has 1 atom stereocenters. The summed E-state index contributed by atoms with van der Waals surface area (Å²) in [7, 11) is 0. The highest BCUT2D eigenvalue weighted by Gasteiger charge is 2.28. The molecule has 0 saturated heterocycles. The number of rotatable bonds is 10. The van der Waals surface area contributed by atoms with Crippen LogP contribution in [0.15, 0.2) is 57.7 Å². The van der Waals surface area contributed by atoms with Crippen LogP contribution in [-0.4, -0.2) is 15.0 Å². The van der Waals surface area contributed by atoms with Gasteiger partial charge in [0.15, 0.2) is 11.6 Å². The van der Waals surface area contributed by atoms with E-state index in [0.717, 1.165) is 39.2 Å². The molecule has 10 heteroatoms. The van der Waals surface area contributed by atoms with Crippen LogP contribution in [-0.2, 0) is 6.54 Å². The topological polar surface area (TPSA) is 30.7 Å². The van der Waals surface area contributed by atoms with Crippen molar-refractivity contribution in [3.8, 4) is 40.4 Å². The number of unbranched alkanes of at least 4 members (excludes halogenated alkanes) is 1. The highest BCUT2D eigenvalue weighted by atomic mass is 79.9. The second kappa shape index (κ2) is 11.9. The Morgan fingerprint density at radius 1 is 0.775 bits per heavy atom. The first-order chi connectivity index (χ1) is 19.5. The van der Waals surface area contributed by atoms with Crippen molar-refractivity contribution in [3.05, 3.63) is 69.3 Å². The number of nitrogens with zero attached hydrogens (tertiary/aromatic N) is 3. The number of aromatic nitrogens is 3. The largest absolute Gasteiger partial charge is 0.203 e. The normalized spacial score (nSPS) is 12.5. The molecule has 0 aliphatic carbocycles. The molecule has 0 saturated carbocycles. The lowest BCUT2D eigenvalue weighted by Gasteiger charge is -2.12. The fourth-order valence-corrected chi connectivity index (χ4v) is 9.27. The van der Waals surface area contributed by atoms with E-state index in [0.29, 0.717) is 33.3 Å². The molecular formula is C30H26BrF2N3S4. The molecule has 3 nitrogen and oxygen atoms in total. The van der Waals surface area contributed by atoms with Crippen LogP contribution in [0.4, 0.5) is 8.78 Å². The molecule has 6 rings (SSSR count). The summed E-state index contributed by atoms with van der Waals surface area (Å²) in [4.78, 5) is 7.46. The van der Waals surface area contributed by atoms with Crippen molar-refractivity contribution in [2.75, 3.05) is 0 Å². The van der Waals surface area contributed by atoms with Crippen molar-refractivity contribution in [2.24, 2.45) is 5.92 Å². The first-order valence-corrected chi connectivity index (χ1v) is 17.3. The molecule has 0 amide bonds. The molecule has 6 aromatic rings. The van der Waals surface area contributed by atoms with Crippen LogP contribution in [0, 0.1) is 17.6 Å². The van der Waals surface area contributed by atoms with Crippen molar-refractivity contribution in [3.63, 3.8) is 0 Å². The summed E-state index contributed by atoms with van der Waals surface area (Å²) in [5, 5.41) is 11.6. The van der Waals surface area contributed by atoms with E-state index >= 15 is 8.78 Å². The molecule has 0 aliphatic heterocycles. The molecule has 5 aromatic heterocycles. The van der Waals surface area contributed by atoms with E-state index in [1.165, 1.54) is 32.4 Å². The van der Waals surface area contributed by atoms with E-state index in [2.05, 4.69) is 53.4 Å². The van der Waals surface area contributed by atoms with E-state index < -0.39 is 11.6 Å². The summed E-state index contributed by atoms with van der Waals surface area (Å²) in [6.45, 7) is 4.98. The first-order valence-electron chi connectivity index (χ1n) is 13.2. The van der Waals surface area contributed by atoms with E-state index in [9.17, 15) is 0 Å². The summed E-state index contributed by atoms with van der Waals surface area (Å²) in [6.07, 6.45) is 4.34. The second-order valence-electron chi connectivity index (χ2n) is 9.66. The molecule has 0 aliphatic rings. The zero-order valence-corrected chi connectivity index (χ0v) is 26.8. The van der Waals surface area contributed by atoms with Gasteiger partial charge in [0, 0.05) is 29.3 Å². The van der Waals surface area contributed by atoms with Crippen LogP contribution in [0.25, 0.3) is 51.4 Å². The number of hydrogen-bond donors (Lipinski definition) is 0. The molecule has 206 valence electrons. The van der Waals surface area contributed by atoms with Gasteiger partial charge in [-0.2, -0.15) is 15.0 Å². The highest BCUT2D eigenvalue weighted by molar-refractivity contribution is 9.11. The van der Waals surface area contributed by atoms with Crippen LogP contribution in [0.1, 0.15) is 39.5 Å². The number of thiophene rings is 4. The summed E-state index contributed by atoms with van der Waals surface area (Å²) < 4.78 is 32.8. The fourth-order valence-electron chi connectivity index (χ4n) is 4.87.